The Balaban J connectivity index is 1.66. The number of carbonyl (C=O) groups is 1. The lowest BCUT2D eigenvalue weighted by Gasteiger charge is -2.09. The number of nitrogens with zero attached hydrogens (tertiary/aromatic N) is 4. The molecule has 152 valence electrons. The van der Waals surface area contributed by atoms with Crippen molar-refractivity contribution in [2.24, 2.45) is 0 Å². The highest BCUT2D eigenvalue weighted by Crippen LogP contribution is 2.25. The fraction of sp³-hybridized carbons (Fsp3) is 0.208. The van der Waals surface area contributed by atoms with Gasteiger partial charge in [-0.05, 0) is 50.1 Å². The first-order chi connectivity index (χ1) is 14.5. The number of aromatic nitrogens is 4. The Morgan fingerprint density at radius 2 is 1.43 bits per heavy atom. The molecule has 4 aromatic rings. The second-order valence-electron chi connectivity index (χ2n) is 7.60. The topological polar surface area (TPSA) is 64.7 Å². The van der Waals surface area contributed by atoms with Crippen LogP contribution < -0.4 is 5.32 Å². The Kier molecular flexibility index (Phi) is 5.23. The molecule has 0 spiro atoms. The standard InChI is InChI=1S/C24H25N5O/c1-16(2)22-15-21(27-29(22)20-13-9-6-10-14-20)24(30)25-23-17(3)26-28(18(23)4)19-11-7-5-8-12-19/h5-16H,1-4H3,(H,25,30). The fourth-order valence-electron chi connectivity index (χ4n) is 3.52. The van der Waals surface area contributed by atoms with E-state index in [1.54, 1.807) is 0 Å². The molecule has 2 aromatic carbocycles. The number of para-hydroxylation sites is 2. The Morgan fingerprint density at radius 3 is 2.00 bits per heavy atom. The summed E-state index contributed by atoms with van der Waals surface area (Å²) in [7, 11) is 0. The molecule has 0 atom stereocenters. The smallest absolute Gasteiger partial charge is 0.276 e. The molecule has 0 saturated heterocycles. The summed E-state index contributed by atoms with van der Waals surface area (Å²) in [5.74, 6) is -0.0195. The van der Waals surface area contributed by atoms with Gasteiger partial charge in [0.25, 0.3) is 5.91 Å². The molecule has 6 heteroatoms. The minimum atomic E-state index is -0.245. The molecular weight excluding hydrogens is 374 g/mol. The molecule has 4 rings (SSSR count). The van der Waals surface area contributed by atoms with E-state index in [0.717, 1.165) is 28.5 Å². The largest absolute Gasteiger partial charge is 0.317 e. The molecule has 1 N–H and O–H groups in total. The lowest BCUT2D eigenvalue weighted by molar-refractivity contribution is 0.102. The summed E-state index contributed by atoms with van der Waals surface area (Å²) in [6.07, 6.45) is 0. The van der Waals surface area contributed by atoms with Gasteiger partial charge >= 0.3 is 0 Å². The predicted molar refractivity (Wildman–Crippen MR) is 119 cm³/mol. The maximum atomic E-state index is 13.1. The lowest BCUT2D eigenvalue weighted by atomic mass is 10.1. The molecule has 0 bridgehead atoms. The van der Waals surface area contributed by atoms with Gasteiger partial charge in [-0.25, -0.2) is 9.36 Å². The molecule has 0 aliphatic heterocycles. The van der Waals surface area contributed by atoms with Crippen molar-refractivity contribution in [3.8, 4) is 11.4 Å². The van der Waals surface area contributed by atoms with E-state index in [1.165, 1.54) is 0 Å². The summed E-state index contributed by atoms with van der Waals surface area (Å²) in [6, 6.07) is 21.6. The quantitative estimate of drug-likeness (QED) is 0.511. The molecule has 0 aliphatic rings. The second kappa shape index (κ2) is 7.99. The van der Waals surface area contributed by atoms with Crippen LogP contribution in [0.4, 0.5) is 5.69 Å². The van der Waals surface area contributed by atoms with Crippen LogP contribution in [0.25, 0.3) is 11.4 Å². The van der Waals surface area contributed by atoms with Crippen molar-refractivity contribution in [1.29, 1.82) is 0 Å². The maximum Gasteiger partial charge on any atom is 0.276 e. The third-order valence-electron chi connectivity index (χ3n) is 5.09. The van der Waals surface area contributed by atoms with E-state index in [9.17, 15) is 4.79 Å². The molecule has 6 nitrogen and oxygen atoms in total. The SMILES string of the molecule is Cc1nn(-c2ccccc2)c(C)c1NC(=O)c1cc(C(C)C)n(-c2ccccc2)n1. The van der Waals surface area contributed by atoms with Crippen LogP contribution in [0, 0.1) is 13.8 Å². The summed E-state index contributed by atoms with van der Waals surface area (Å²) in [6.45, 7) is 8.03. The van der Waals surface area contributed by atoms with Crippen molar-refractivity contribution >= 4 is 11.6 Å². The van der Waals surface area contributed by atoms with Gasteiger partial charge in [0.2, 0.25) is 0 Å². The zero-order chi connectivity index (χ0) is 21.3. The first kappa shape index (κ1) is 19.6. The lowest BCUT2D eigenvalue weighted by Crippen LogP contribution is -2.14. The molecule has 0 aliphatic carbocycles. The van der Waals surface area contributed by atoms with Crippen LogP contribution in [0.3, 0.4) is 0 Å². The molecule has 0 radical (unpaired) electrons. The van der Waals surface area contributed by atoms with Gasteiger partial charge < -0.3 is 5.32 Å². The number of hydrogen-bond donors (Lipinski definition) is 1. The number of carbonyl (C=O) groups excluding carboxylic acids is 1. The van der Waals surface area contributed by atoms with Crippen molar-refractivity contribution in [3.63, 3.8) is 0 Å². The van der Waals surface area contributed by atoms with Crippen LogP contribution in [-0.4, -0.2) is 25.5 Å². The third kappa shape index (κ3) is 3.64. The highest BCUT2D eigenvalue weighted by Gasteiger charge is 2.20. The van der Waals surface area contributed by atoms with Gasteiger partial charge in [-0.1, -0.05) is 50.2 Å². The summed E-state index contributed by atoms with van der Waals surface area (Å²) in [5, 5.41) is 12.2. The van der Waals surface area contributed by atoms with E-state index in [0.29, 0.717) is 11.4 Å². The highest BCUT2D eigenvalue weighted by atomic mass is 16.2. The van der Waals surface area contributed by atoms with Crippen molar-refractivity contribution in [2.45, 2.75) is 33.6 Å². The van der Waals surface area contributed by atoms with Crippen molar-refractivity contribution in [1.82, 2.24) is 19.6 Å². The van der Waals surface area contributed by atoms with Crippen LogP contribution >= 0.6 is 0 Å². The van der Waals surface area contributed by atoms with Crippen LogP contribution in [-0.2, 0) is 0 Å². The molecule has 0 fully saturated rings. The van der Waals surface area contributed by atoms with E-state index < -0.39 is 0 Å². The van der Waals surface area contributed by atoms with Gasteiger partial charge in [0.05, 0.1) is 28.5 Å². The van der Waals surface area contributed by atoms with E-state index >= 15 is 0 Å². The average molecular weight is 399 g/mol. The number of nitrogens with one attached hydrogen (secondary N) is 1. The Bertz CT molecular complexity index is 1170. The number of benzene rings is 2. The normalized spacial score (nSPS) is 11.1. The fourth-order valence-corrected chi connectivity index (χ4v) is 3.52. The minimum Gasteiger partial charge on any atom is -0.317 e. The van der Waals surface area contributed by atoms with Gasteiger partial charge in [-0.2, -0.15) is 10.2 Å². The Morgan fingerprint density at radius 1 is 0.867 bits per heavy atom. The summed E-state index contributed by atoms with van der Waals surface area (Å²) < 4.78 is 3.68. The average Bonchev–Trinajstić information content (AvgIpc) is 3.33. The maximum absolute atomic E-state index is 13.1. The number of rotatable bonds is 5. The van der Waals surface area contributed by atoms with Crippen molar-refractivity contribution in [3.05, 3.63) is 89.5 Å². The van der Waals surface area contributed by atoms with Gasteiger partial charge in [0.1, 0.15) is 0 Å². The first-order valence-corrected chi connectivity index (χ1v) is 10.0. The number of aryl methyl sites for hydroxylation is 1. The third-order valence-corrected chi connectivity index (χ3v) is 5.09. The van der Waals surface area contributed by atoms with Crippen LogP contribution in [0.5, 0.6) is 0 Å². The molecule has 30 heavy (non-hydrogen) atoms. The van der Waals surface area contributed by atoms with E-state index in [4.69, 9.17) is 0 Å². The monoisotopic (exact) mass is 399 g/mol. The number of hydrogen-bond acceptors (Lipinski definition) is 3. The van der Waals surface area contributed by atoms with Gasteiger partial charge in [0, 0.05) is 5.69 Å². The Labute approximate surface area is 176 Å². The minimum absolute atomic E-state index is 0.226. The molecule has 1 amide bonds. The molecule has 0 saturated carbocycles. The molecular formula is C24H25N5O. The van der Waals surface area contributed by atoms with Crippen molar-refractivity contribution < 1.29 is 4.79 Å². The zero-order valence-electron chi connectivity index (χ0n) is 17.6. The predicted octanol–water partition coefficient (Wildman–Crippen LogP) is 5.05. The molecule has 0 unspecified atom stereocenters. The van der Waals surface area contributed by atoms with Crippen LogP contribution in [0.2, 0.25) is 0 Å². The Hall–Kier alpha value is -3.67. The van der Waals surface area contributed by atoms with Crippen LogP contribution in [0.1, 0.15) is 47.3 Å². The van der Waals surface area contributed by atoms with Gasteiger partial charge in [0.15, 0.2) is 5.69 Å². The number of amides is 1. The van der Waals surface area contributed by atoms with Gasteiger partial charge in [-0.3, -0.25) is 4.79 Å². The van der Waals surface area contributed by atoms with Gasteiger partial charge in [-0.15, -0.1) is 0 Å². The second-order valence-corrected chi connectivity index (χ2v) is 7.60. The van der Waals surface area contributed by atoms with Crippen LogP contribution in [0.15, 0.2) is 66.7 Å². The van der Waals surface area contributed by atoms with E-state index in [-0.39, 0.29) is 11.8 Å². The summed E-state index contributed by atoms with van der Waals surface area (Å²) in [4.78, 5) is 13.1. The van der Waals surface area contributed by atoms with Crippen molar-refractivity contribution in [2.75, 3.05) is 5.32 Å². The summed E-state index contributed by atoms with van der Waals surface area (Å²) >= 11 is 0. The first-order valence-electron chi connectivity index (χ1n) is 10.0. The molecule has 2 heterocycles. The molecule has 2 aromatic heterocycles. The zero-order valence-corrected chi connectivity index (χ0v) is 17.6. The van der Waals surface area contributed by atoms with E-state index in [2.05, 4.69) is 29.4 Å². The highest BCUT2D eigenvalue weighted by molar-refractivity contribution is 6.03. The van der Waals surface area contributed by atoms with E-state index in [1.807, 2.05) is 89.9 Å². The number of anilines is 1. The summed E-state index contributed by atoms with van der Waals surface area (Å²) in [5.41, 5.74) is 5.60.